The highest BCUT2D eigenvalue weighted by Crippen LogP contribution is 2.31. The molecule has 19 heavy (non-hydrogen) atoms. The average Bonchev–Trinajstić information content (AvgIpc) is 2.76. The number of hydrogen-bond donors (Lipinski definition) is 1. The van der Waals surface area contributed by atoms with E-state index in [0.29, 0.717) is 0 Å². The van der Waals surface area contributed by atoms with Gasteiger partial charge in [-0.15, -0.1) is 0 Å². The second kappa shape index (κ2) is 4.47. The van der Waals surface area contributed by atoms with E-state index in [2.05, 4.69) is 55.2 Å². The summed E-state index contributed by atoms with van der Waals surface area (Å²) in [6.07, 6.45) is 0. The van der Waals surface area contributed by atoms with Crippen LogP contribution >= 0.6 is 0 Å². The third-order valence-corrected chi connectivity index (χ3v) is 3.57. The summed E-state index contributed by atoms with van der Waals surface area (Å²) in [5.41, 5.74) is 6.10. The van der Waals surface area contributed by atoms with Gasteiger partial charge in [-0.3, -0.25) is 0 Å². The minimum atomic E-state index is 0.894. The van der Waals surface area contributed by atoms with Crippen molar-refractivity contribution in [3.05, 3.63) is 53.6 Å². The SMILES string of the molecule is COc1ccc2[nH]c(-c3cccc(C)c3)c(C)c2c1. The molecule has 1 heterocycles. The van der Waals surface area contributed by atoms with Crippen molar-refractivity contribution in [2.24, 2.45) is 0 Å². The number of rotatable bonds is 2. The molecule has 0 aliphatic rings. The van der Waals surface area contributed by atoms with Crippen LogP contribution in [-0.4, -0.2) is 12.1 Å². The third-order valence-electron chi connectivity index (χ3n) is 3.57. The molecular formula is C17H17NO. The van der Waals surface area contributed by atoms with Crippen molar-refractivity contribution in [2.45, 2.75) is 13.8 Å². The number of hydrogen-bond acceptors (Lipinski definition) is 1. The molecule has 0 unspecified atom stereocenters. The molecule has 0 atom stereocenters. The van der Waals surface area contributed by atoms with E-state index in [0.717, 1.165) is 11.3 Å². The van der Waals surface area contributed by atoms with Gasteiger partial charge in [0.25, 0.3) is 0 Å². The number of methoxy groups -OCH3 is 1. The molecule has 2 heteroatoms. The normalized spacial score (nSPS) is 10.9. The number of H-pyrrole nitrogens is 1. The summed E-state index contributed by atoms with van der Waals surface area (Å²) in [4.78, 5) is 3.50. The minimum Gasteiger partial charge on any atom is -0.497 e. The second-order valence-corrected chi connectivity index (χ2v) is 4.91. The quantitative estimate of drug-likeness (QED) is 0.714. The number of benzene rings is 2. The zero-order valence-electron chi connectivity index (χ0n) is 11.4. The van der Waals surface area contributed by atoms with Crippen LogP contribution in [0.2, 0.25) is 0 Å². The molecule has 2 nitrogen and oxygen atoms in total. The molecule has 0 saturated heterocycles. The fraction of sp³-hybridized carbons (Fsp3) is 0.176. The van der Waals surface area contributed by atoms with Gasteiger partial charge in [-0.25, -0.2) is 0 Å². The molecule has 96 valence electrons. The van der Waals surface area contributed by atoms with Crippen LogP contribution in [0, 0.1) is 13.8 Å². The van der Waals surface area contributed by atoms with Crippen LogP contribution in [0.5, 0.6) is 5.75 Å². The van der Waals surface area contributed by atoms with Crippen LogP contribution < -0.4 is 4.74 Å². The van der Waals surface area contributed by atoms with Gasteiger partial charge in [-0.2, -0.15) is 0 Å². The molecule has 0 fully saturated rings. The fourth-order valence-corrected chi connectivity index (χ4v) is 2.52. The third kappa shape index (κ3) is 1.99. The van der Waals surface area contributed by atoms with Crippen molar-refractivity contribution in [3.63, 3.8) is 0 Å². The molecule has 1 aromatic heterocycles. The lowest BCUT2D eigenvalue weighted by molar-refractivity contribution is 0.415. The number of aromatic nitrogens is 1. The molecule has 3 aromatic rings. The van der Waals surface area contributed by atoms with Gasteiger partial charge < -0.3 is 9.72 Å². The first-order chi connectivity index (χ1) is 9.19. The highest BCUT2D eigenvalue weighted by molar-refractivity contribution is 5.91. The topological polar surface area (TPSA) is 25.0 Å². The Labute approximate surface area is 113 Å². The summed E-state index contributed by atoms with van der Waals surface area (Å²) in [5.74, 6) is 0.894. The largest absolute Gasteiger partial charge is 0.497 e. The van der Waals surface area contributed by atoms with E-state index in [1.54, 1.807) is 7.11 Å². The highest BCUT2D eigenvalue weighted by Gasteiger charge is 2.10. The Bertz CT molecular complexity index is 740. The zero-order chi connectivity index (χ0) is 13.4. The van der Waals surface area contributed by atoms with Gasteiger partial charge in [0.2, 0.25) is 0 Å². The van der Waals surface area contributed by atoms with Gasteiger partial charge in [0.1, 0.15) is 5.75 Å². The number of nitrogens with one attached hydrogen (secondary N) is 1. The van der Waals surface area contributed by atoms with Gasteiger partial charge in [0, 0.05) is 16.6 Å². The van der Waals surface area contributed by atoms with Crippen LogP contribution in [-0.2, 0) is 0 Å². The predicted molar refractivity (Wildman–Crippen MR) is 79.8 cm³/mol. The van der Waals surface area contributed by atoms with Gasteiger partial charge in [0.05, 0.1) is 7.11 Å². The Kier molecular flexibility index (Phi) is 2.79. The average molecular weight is 251 g/mol. The molecule has 1 N–H and O–H groups in total. The summed E-state index contributed by atoms with van der Waals surface area (Å²) >= 11 is 0. The lowest BCUT2D eigenvalue weighted by Gasteiger charge is -2.02. The number of fused-ring (bicyclic) bond motifs is 1. The molecule has 2 aromatic carbocycles. The Morgan fingerprint density at radius 3 is 2.58 bits per heavy atom. The van der Waals surface area contributed by atoms with Crippen LogP contribution in [0.4, 0.5) is 0 Å². The molecule has 0 radical (unpaired) electrons. The van der Waals surface area contributed by atoms with Crippen LogP contribution in [0.25, 0.3) is 22.2 Å². The lowest BCUT2D eigenvalue weighted by Crippen LogP contribution is -1.82. The van der Waals surface area contributed by atoms with Gasteiger partial charge in [-0.05, 0) is 49.2 Å². The number of aryl methyl sites for hydroxylation is 2. The zero-order valence-corrected chi connectivity index (χ0v) is 11.4. The van der Waals surface area contributed by atoms with E-state index in [4.69, 9.17) is 4.74 Å². The molecule has 0 saturated carbocycles. The van der Waals surface area contributed by atoms with Crippen LogP contribution in [0.1, 0.15) is 11.1 Å². The molecule has 0 aliphatic heterocycles. The standard InChI is InChI=1S/C17H17NO/c1-11-5-4-6-13(9-11)17-12(2)15-10-14(19-3)7-8-16(15)18-17/h4-10,18H,1-3H3. The van der Waals surface area contributed by atoms with E-state index in [1.807, 2.05) is 6.07 Å². The van der Waals surface area contributed by atoms with E-state index < -0.39 is 0 Å². The van der Waals surface area contributed by atoms with Crippen LogP contribution in [0.15, 0.2) is 42.5 Å². The second-order valence-electron chi connectivity index (χ2n) is 4.91. The first kappa shape index (κ1) is 11.8. The van der Waals surface area contributed by atoms with Gasteiger partial charge >= 0.3 is 0 Å². The van der Waals surface area contributed by atoms with Crippen molar-refractivity contribution in [3.8, 4) is 17.0 Å². The maximum absolute atomic E-state index is 5.30. The van der Waals surface area contributed by atoms with Crippen molar-refractivity contribution < 1.29 is 4.74 Å². The molecule has 0 spiro atoms. The summed E-state index contributed by atoms with van der Waals surface area (Å²) in [6.45, 7) is 4.26. The Hall–Kier alpha value is -2.22. The molecule has 0 bridgehead atoms. The lowest BCUT2D eigenvalue weighted by atomic mass is 10.0. The van der Waals surface area contributed by atoms with Crippen molar-refractivity contribution in [1.29, 1.82) is 0 Å². The smallest absolute Gasteiger partial charge is 0.119 e. The summed E-state index contributed by atoms with van der Waals surface area (Å²) in [6, 6.07) is 14.7. The maximum atomic E-state index is 5.30. The Balaban J connectivity index is 2.22. The van der Waals surface area contributed by atoms with Gasteiger partial charge in [-0.1, -0.05) is 23.8 Å². The predicted octanol–water partition coefficient (Wildman–Crippen LogP) is 4.46. The Morgan fingerprint density at radius 1 is 1.00 bits per heavy atom. The fourth-order valence-electron chi connectivity index (χ4n) is 2.52. The van der Waals surface area contributed by atoms with Crippen molar-refractivity contribution in [1.82, 2.24) is 4.98 Å². The molecule has 3 rings (SSSR count). The first-order valence-corrected chi connectivity index (χ1v) is 6.42. The number of aromatic amines is 1. The van der Waals surface area contributed by atoms with E-state index in [1.165, 1.54) is 27.8 Å². The minimum absolute atomic E-state index is 0.894. The van der Waals surface area contributed by atoms with E-state index >= 15 is 0 Å². The Morgan fingerprint density at radius 2 is 1.84 bits per heavy atom. The maximum Gasteiger partial charge on any atom is 0.119 e. The number of ether oxygens (including phenoxy) is 1. The molecule has 0 amide bonds. The summed E-state index contributed by atoms with van der Waals surface area (Å²) in [7, 11) is 1.70. The first-order valence-electron chi connectivity index (χ1n) is 6.42. The van der Waals surface area contributed by atoms with E-state index in [-0.39, 0.29) is 0 Å². The summed E-state index contributed by atoms with van der Waals surface area (Å²) in [5, 5.41) is 1.22. The van der Waals surface area contributed by atoms with E-state index in [9.17, 15) is 0 Å². The van der Waals surface area contributed by atoms with Crippen LogP contribution in [0.3, 0.4) is 0 Å². The van der Waals surface area contributed by atoms with Crippen molar-refractivity contribution in [2.75, 3.05) is 7.11 Å². The monoisotopic (exact) mass is 251 g/mol. The van der Waals surface area contributed by atoms with Gasteiger partial charge in [0.15, 0.2) is 0 Å². The molecular weight excluding hydrogens is 234 g/mol. The highest BCUT2D eigenvalue weighted by atomic mass is 16.5. The summed E-state index contributed by atoms with van der Waals surface area (Å²) < 4.78 is 5.30. The van der Waals surface area contributed by atoms with Crippen molar-refractivity contribution >= 4 is 10.9 Å². The molecule has 0 aliphatic carbocycles.